The molecule has 0 radical (unpaired) electrons. The zero-order valence-corrected chi connectivity index (χ0v) is 11.6. The van der Waals surface area contributed by atoms with Gasteiger partial charge in [-0.1, -0.05) is 13.8 Å². The van der Waals surface area contributed by atoms with Gasteiger partial charge in [0.05, 0.1) is 18.9 Å². The number of esters is 1. The molecule has 1 aromatic rings. The Morgan fingerprint density at radius 3 is 2.44 bits per heavy atom. The molecule has 0 saturated carbocycles. The van der Waals surface area contributed by atoms with Crippen LogP contribution in [0.5, 0.6) is 0 Å². The molecule has 0 aromatic carbocycles. The maximum Gasteiger partial charge on any atom is 0.355 e. The summed E-state index contributed by atoms with van der Waals surface area (Å²) in [5.41, 5.74) is 1.74. The standard InChI is InChI=1S/C9H12BrNO3.C2H6/c1-3-14-9(13)8-5(2)7(10)6(4-12)11-8;1-2/h11-12H,3-4H2,1-2H3;1-2H3. The van der Waals surface area contributed by atoms with E-state index < -0.39 is 5.97 Å². The van der Waals surface area contributed by atoms with Crippen LogP contribution in [0.2, 0.25) is 0 Å². The van der Waals surface area contributed by atoms with E-state index in [0.717, 1.165) is 10.0 Å². The molecular formula is C11H18BrNO3. The molecule has 0 unspecified atom stereocenters. The van der Waals surface area contributed by atoms with Crippen LogP contribution in [0.4, 0.5) is 0 Å². The maximum atomic E-state index is 11.4. The summed E-state index contributed by atoms with van der Waals surface area (Å²) in [5, 5.41) is 8.95. The third-order valence-corrected chi connectivity index (χ3v) is 2.96. The molecule has 2 N–H and O–H groups in total. The zero-order chi connectivity index (χ0) is 12.7. The zero-order valence-electron chi connectivity index (χ0n) is 10.1. The van der Waals surface area contributed by atoms with Gasteiger partial charge in [0.15, 0.2) is 0 Å². The van der Waals surface area contributed by atoms with Gasteiger partial charge in [-0.15, -0.1) is 0 Å². The Balaban J connectivity index is 0.00000106. The van der Waals surface area contributed by atoms with E-state index in [1.165, 1.54) is 0 Å². The van der Waals surface area contributed by atoms with Gasteiger partial charge in [-0.2, -0.15) is 0 Å². The Kier molecular flexibility index (Phi) is 7.08. The number of carbonyl (C=O) groups excluding carboxylic acids is 1. The highest BCUT2D eigenvalue weighted by Crippen LogP contribution is 2.24. The lowest BCUT2D eigenvalue weighted by Crippen LogP contribution is -2.06. The number of hydrogen-bond acceptors (Lipinski definition) is 3. The minimum atomic E-state index is -0.398. The maximum absolute atomic E-state index is 11.4. The number of hydrogen-bond donors (Lipinski definition) is 2. The summed E-state index contributed by atoms with van der Waals surface area (Å²) in [7, 11) is 0. The summed E-state index contributed by atoms with van der Waals surface area (Å²) in [4.78, 5) is 14.2. The van der Waals surface area contributed by atoms with Crippen LogP contribution < -0.4 is 0 Å². The second-order valence-corrected chi connectivity index (χ2v) is 3.59. The summed E-state index contributed by atoms with van der Waals surface area (Å²) in [6.07, 6.45) is 0. The molecule has 16 heavy (non-hydrogen) atoms. The summed E-state index contributed by atoms with van der Waals surface area (Å²) in [6, 6.07) is 0. The van der Waals surface area contributed by atoms with Gasteiger partial charge in [0.1, 0.15) is 5.69 Å². The number of carbonyl (C=O) groups is 1. The van der Waals surface area contributed by atoms with Gasteiger partial charge in [0.2, 0.25) is 0 Å². The van der Waals surface area contributed by atoms with Gasteiger partial charge in [-0.25, -0.2) is 4.79 Å². The van der Waals surface area contributed by atoms with Crippen molar-refractivity contribution in [2.45, 2.75) is 34.3 Å². The van der Waals surface area contributed by atoms with Crippen LogP contribution >= 0.6 is 15.9 Å². The van der Waals surface area contributed by atoms with Crippen molar-refractivity contribution in [3.63, 3.8) is 0 Å². The highest BCUT2D eigenvalue weighted by molar-refractivity contribution is 9.10. The molecule has 0 amide bonds. The Labute approximate surface area is 104 Å². The summed E-state index contributed by atoms with van der Waals surface area (Å²) < 4.78 is 5.57. The first-order chi connectivity index (χ1) is 7.61. The van der Waals surface area contributed by atoms with E-state index in [1.54, 1.807) is 13.8 Å². The molecule has 4 nitrogen and oxygen atoms in total. The molecule has 0 fully saturated rings. The molecule has 0 bridgehead atoms. The minimum Gasteiger partial charge on any atom is -0.461 e. The lowest BCUT2D eigenvalue weighted by Gasteiger charge is -1.99. The fourth-order valence-corrected chi connectivity index (χ4v) is 1.57. The first-order valence-electron chi connectivity index (χ1n) is 5.26. The lowest BCUT2D eigenvalue weighted by molar-refractivity contribution is 0.0519. The topological polar surface area (TPSA) is 62.3 Å². The fraction of sp³-hybridized carbons (Fsp3) is 0.545. The average Bonchev–Trinajstić information content (AvgIpc) is 2.59. The molecule has 5 heteroatoms. The normalized spacial score (nSPS) is 9.38. The fourth-order valence-electron chi connectivity index (χ4n) is 1.15. The molecule has 1 heterocycles. The van der Waals surface area contributed by atoms with Crippen molar-refractivity contribution < 1.29 is 14.6 Å². The smallest absolute Gasteiger partial charge is 0.355 e. The predicted octanol–water partition coefficient (Wildman–Crippen LogP) is 2.78. The molecule has 92 valence electrons. The number of halogens is 1. The molecule has 0 spiro atoms. The monoisotopic (exact) mass is 291 g/mol. The molecule has 0 aliphatic carbocycles. The van der Waals surface area contributed by atoms with Crippen LogP contribution in [0, 0.1) is 6.92 Å². The van der Waals surface area contributed by atoms with Crippen molar-refractivity contribution >= 4 is 21.9 Å². The van der Waals surface area contributed by atoms with Crippen molar-refractivity contribution in [2.75, 3.05) is 6.61 Å². The van der Waals surface area contributed by atoms with E-state index in [-0.39, 0.29) is 6.61 Å². The second-order valence-electron chi connectivity index (χ2n) is 2.80. The number of ether oxygens (including phenoxy) is 1. The summed E-state index contributed by atoms with van der Waals surface area (Å²) >= 11 is 3.28. The van der Waals surface area contributed by atoms with Crippen LogP contribution in [0.1, 0.15) is 42.5 Å². The van der Waals surface area contributed by atoms with Gasteiger partial charge in [0.25, 0.3) is 0 Å². The molecule has 0 atom stereocenters. The molecular weight excluding hydrogens is 274 g/mol. The van der Waals surface area contributed by atoms with Gasteiger partial charge >= 0.3 is 5.97 Å². The van der Waals surface area contributed by atoms with Crippen LogP contribution in [-0.4, -0.2) is 22.7 Å². The molecule has 1 aromatic heterocycles. The predicted molar refractivity (Wildman–Crippen MR) is 66.5 cm³/mol. The first kappa shape index (κ1) is 15.2. The van der Waals surface area contributed by atoms with E-state index in [4.69, 9.17) is 9.84 Å². The largest absolute Gasteiger partial charge is 0.461 e. The quantitative estimate of drug-likeness (QED) is 0.842. The van der Waals surface area contributed by atoms with Gasteiger partial charge in [0, 0.05) is 4.47 Å². The van der Waals surface area contributed by atoms with Crippen molar-refractivity contribution in [1.29, 1.82) is 0 Å². The number of aliphatic hydroxyl groups is 1. The number of aromatic amines is 1. The first-order valence-corrected chi connectivity index (χ1v) is 6.06. The van der Waals surface area contributed by atoms with E-state index >= 15 is 0 Å². The lowest BCUT2D eigenvalue weighted by atomic mass is 10.2. The Morgan fingerprint density at radius 1 is 1.50 bits per heavy atom. The third-order valence-electron chi connectivity index (χ3n) is 1.88. The van der Waals surface area contributed by atoms with Crippen molar-refractivity contribution in [1.82, 2.24) is 4.98 Å². The number of aromatic nitrogens is 1. The molecule has 0 aliphatic heterocycles. The highest BCUT2D eigenvalue weighted by atomic mass is 79.9. The minimum absolute atomic E-state index is 0.138. The second kappa shape index (κ2) is 7.46. The Morgan fingerprint density at radius 2 is 2.06 bits per heavy atom. The van der Waals surface area contributed by atoms with E-state index in [9.17, 15) is 4.79 Å². The number of nitrogens with one attached hydrogen (secondary N) is 1. The summed E-state index contributed by atoms with van der Waals surface area (Å²) in [5.74, 6) is -0.398. The highest BCUT2D eigenvalue weighted by Gasteiger charge is 2.17. The third kappa shape index (κ3) is 3.35. The number of rotatable bonds is 3. The molecule has 0 aliphatic rings. The Bertz CT molecular complexity index is 347. The van der Waals surface area contributed by atoms with Crippen LogP contribution in [-0.2, 0) is 11.3 Å². The number of H-pyrrole nitrogens is 1. The van der Waals surface area contributed by atoms with Crippen LogP contribution in [0.15, 0.2) is 4.47 Å². The van der Waals surface area contributed by atoms with Crippen LogP contribution in [0.25, 0.3) is 0 Å². The van der Waals surface area contributed by atoms with Crippen molar-refractivity contribution in [3.8, 4) is 0 Å². The average molecular weight is 292 g/mol. The van der Waals surface area contributed by atoms with Gasteiger partial charge < -0.3 is 14.8 Å². The summed E-state index contributed by atoms with van der Waals surface area (Å²) in [6.45, 7) is 7.73. The van der Waals surface area contributed by atoms with Gasteiger partial charge in [-0.3, -0.25) is 0 Å². The van der Waals surface area contributed by atoms with Crippen LogP contribution in [0.3, 0.4) is 0 Å². The SMILES string of the molecule is CC.CCOC(=O)c1[nH]c(CO)c(Br)c1C. The number of aliphatic hydroxyl groups excluding tert-OH is 1. The Hall–Kier alpha value is -0.810. The van der Waals surface area contributed by atoms with Gasteiger partial charge in [-0.05, 0) is 35.3 Å². The van der Waals surface area contributed by atoms with E-state index in [1.807, 2.05) is 13.8 Å². The molecule has 0 saturated heterocycles. The van der Waals surface area contributed by atoms with E-state index in [0.29, 0.717) is 18.0 Å². The van der Waals surface area contributed by atoms with Crippen molar-refractivity contribution in [2.24, 2.45) is 0 Å². The molecule has 1 rings (SSSR count). The van der Waals surface area contributed by atoms with E-state index in [2.05, 4.69) is 20.9 Å². The van der Waals surface area contributed by atoms with Crippen molar-refractivity contribution in [3.05, 3.63) is 21.4 Å².